The first kappa shape index (κ1) is 21.3. The van der Waals surface area contributed by atoms with Crippen LogP contribution >= 0.6 is 0 Å². The molecule has 1 aromatic carbocycles. The summed E-state index contributed by atoms with van der Waals surface area (Å²) in [6.45, 7) is 4.64. The van der Waals surface area contributed by atoms with Gasteiger partial charge in [0.05, 0.1) is 11.1 Å². The number of carbonyl (C=O) groups is 2. The van der Waals surface area contributed by atoms with Gasteiger partial charge in [0.25, 0.3) is 0 Å². The van der Waals surface area contributed by atoms with Gasteiger partial charge in [0.1, 0.15) is 5.82 Å². The van der Waals surface area contributed by atoms with Crippen molar-refractivity contribution in [2.45, 2.75) is 31.1 Å². The smallest absolute Gasteiger partial charge is 0.336 e. The van der Waals surface area contributed by atoms with Crippen LogP contribution in [0.5, 0.6) is 0 Å². The number of nitrogens with zero attached hydrogens (tertiary/aromatic N) is 3. The predicted molar refractivity (Wildman–Crippen MR) is 106 cm³/mol. The molecule has 7 nitrogen and oxygen atoms in total. The minimum Gasteiger partial charge on any atom is -0.336 e. The Morgan fingerprint density at radius 2 is 1.75 bits per heavy atom. The van der Waals surface area contributed by atoms with Crippen molar-refractivity contribution in [2.75, 3.05) is 45.8 Å². The Morgan fingerprint density at radius 3 is 2.31 bits per heavy atom. The lowest BCUT2D eigenvalue weighted by atomic mass is 9.72. The number of carbonyl (C=O) groups excluding carboxylic acids is 2. The molecule has 2 spiro atoms. The van der Waals surface area contributed by atoms with Gasteiger partial charge in [0, 0.05) is 57.9 Å². The van der Waals surface area contributed by atoms with Gasteiger partial charge in [-0.25, -0.2) is 14.0 Å². The van der Waals surface area contributed by atoms with Crippen LogP contribution in [-0.4, -0.2) is 78.1 Å². The molecule has 0 bridgehead atoms. The molecule has 4 aliphatic rings. The fourth-order valence-corrected chi connectivity index (χ4v) is 5.38. The van der Waals surface area contributed by atoms with Gasteiger partial charge in [-0.05, 0) is 30.4 Å². The summed E-state index contributed by atoms with van der Waals surface area (Å²) >= 11 is 0. The summed E-state index contributed by atoms with van der Waals surface area (Å²) in [5.41, 5.74) is -0.957. The van der Waals surface area contributed by atoms with Crippen molar-refractivity contribution in [2.24, 2.45) is 5.41 Å². The van der Waals surface area contributed by atoms with Crippen LogP contribution in [0.4, 0.5) is 27.2 Å². The highest BCUT2D eigenvalue weighted by Gasteiger charge is 2.52. The quantitative estimate of drug-likeness (QED) is 0.673. The number of alkyl halides is 3. The van der Waals surface area contributed by atoms with E-state index in [0.717, 1.165) is 32.0 Å². The lowest BCUT2D eigenvalue weighted by Crippen LogP contribution is -2.72. The summed E-state index contributed by atoms with van der Waals surface area (Å²) in [6, 6.07) is 2.50. The van der Waals surface area contributed by atoms with Gasteiger partial charge in [-0.1, -0.05) is 6.07 Å². The number of amides is 4. The van der Waals surface area contributed by atoms with Crippen LogP contribution in [0.1, 0.15) is 24.0 Å². The van der Waals surface area contributed by atoms with E-state index in [4.69, 9.17) is 0 Å². The van der Waals surface area contributed by atoms with E-state index in [-0.39, 0.29) is 35.1 Å². The van der Waals surface area contributed by atoms with Crippen molar-refractivity contribution in [1.82, 2.24) is 25.3 Å². The molecule has 174 valence electrons. The summed E-state index contributed by atoms with van der Waals surface area (Å²) in [5.74, 6) is -0.831. The number of benzene rings is 1. The van der Waals surface area contributed by atoms with Crippen molar-refractivity contribution in [1.29, 1.82) is 0 Å². The number of rotatable bonds is 2. The molecule has 4 fully saturated rings. The van der Waals surface area contributed by atoms with E-state index in [1.807, 2.05) is 9.80 Å². The van der Waals surface area contributed by atoms with Crippen molar-refractivity contribution in [3.05, 3.63) is 35.1 Å². The molecule has 0 atom stereocenters. The largest absolute Gasteiger partial charge is 0.416 e. The Hall–Kier alpha value is -2.56. The number of likely N-dealkylation sites (tertiary alicyclic amines) is 3. The number of nitrogens with one attached hydrogen (secondary N) is 2. The van der Waals surface area contributed by atoms with E-state index in [0.29, 0.717) is 38.8 Å². The molecule has 0 aliphatic carbocycles. The van der Waals surface area contributed by atoms with Crippen molar-refractivity contribution >= 4 is 12.1 Å². The Labute approximate surface area is 182 Å². The first-order chi connectivity index (χ1) is 15.1. The minimum absolute atomic E-state index is 0.00497. The zero-order valence-corrected chi connectivity index (χ0v) is 17.5. The van der Waals surface area contributed by atoms with E-state index in [1.54, 1.807) is 4.90 Å². The molecule has 0 saturated carbocycles. The number of hydrogen-bond donors (Lipinski definition) is 2. The second kappa shape index (κ2) is 7.23. The van der Waals surface area contributed by atoms with E-state index >= 15 is 0 Å². The average molecular weight is 455 g/mol. The Balaban J connectivity index is 1.09. The summed E-state index contributed by atoms with van der Waals surface area (Å²) < 4.78 is 52.2. The molecule has 5 rings (SSSR count). The standard InChI is InChI=1S/C21H25F4N5O2/c22-16-7-15(21(23,24)25)2-1-14(16)8-28-10-19(11-28)3-5-29(6-4-19)18(32)30-12-20(13-30)9-26-17(31)27-20/h1-2,7H,3-6,8-13H2,(H2,26,27,31). The highest BCUT2D eigenvalue weighted by molar-refractivity contribution is 5.81. The van der Waals surface area contributed by atoms with Crippen molar-refractivity contribution in [3.63, 3.8) is 0 Å². The lowest BCUT2D eigenvalue weighted by molar-refractivity contribution is -0.137. The maximum atomic E-state index is 14.1. The minimum atomic E-state index is -4.55. The van der Waals surface area contributed by atoms with Gasteiger partial charge in [0.15, 0.2) is 0 Å². The number of urea groups is 2. The van der Waals surface area contributed by atoms with Crippen LogP contribution < -0.4 is 10.6 Å². The number of piperidine rings is 1. The fraction of sp³-hybridized carbons (Fsp3) is 0.619. The summed E-state index contributed by atoms with van der Waals surface area (Å²) in [7, 11) is 0. The molecule has 11 heteroatoms. The second-order valence-electron chi connectivity index (χ2n) is 9.66. The summed E-state index contributed by atoms with van der Waals surface area (Å²) in [6.07, 6.45) is -2.85. The first-order valence-electron chi connectivity index (χ1n) is 10.7. The Bertz CT molecular complexity index is 931. The van der Waals surface area contributed by atoms with Gasteiger partial charge in [-0.2, -0.15) is 13.2 Å². The third-order valence-corrected chi connectivity index (χ3v) is 7.21. The Kier molecular flexibility index (Phi) is 4.81. The number of halogens is 4. The van der Waals surface area contributed by atoms with Gasteiger partial charge in [0.2, 0.25) is 0 Å². The van der Waals surface area contributed by atoms with Gasteiger partial charge in [-0.3, -0.25) is 4.90 Å². The molecule has 4 aliphatic heterocycles. The zero-order chi connectivity index (χ0) is 22.7. The summed E-state index contributed by atoms with van der Waals surface area (Å²) in [5, 5.41) is 5.61. The highest BCUT2D eigenvalue weighted by atomic mass is 19.4. The second-order valence-corrected chi connectivity index (χ2v) is 9.66. The molecule has 0 aromatic heterocycles. The maximum Gasteiger partial charge on any atom is 0.416 e. The van der Waals surface area contributed by atoms with Crippen LogP contribution in [0.15, 0.2) is 18.2 Å². The molecular formula is C21H25F4N5O2. The monoisotopic (exact) mass is 455 g/mol. The molecule has 1 aromatic rings. The highest BCUT2D eigenvalue weighted by Crippen LogP contribution is 2.42. The van der Waals surface area contributed by atoms with E-state index in [2.05, 4.69) is 10.6 Å². The molecule has 4 heterocycles. The third kappa shape index (κ3) is 3.76. The SMILES string of the molecule is O=C1NCC2(CN(C(=O)N3CCC4(CC3)CN(Cc3ccc(C(F)(F)F)cc3F)C4)C2)N1. The zero-order valence-electron chi connectivity index (χ0n) is 17.5. The molecular weight excluding hydrogens is 430 g/mol. The summed E-state index contributed by atoms with van der Waals surface area (Å²) in [4.78, 5) is 29.7. The topological polar surface area (TPSA) is 67.9 Å². The molecule has 4 amide bonds. The predicted octanol–water partition coefficient (Wildman–Crippen LogP) is 2.23. The maximum absolute atomic E-state index is 14.1. The van der Waals surface area contributed by atoms with Crippen molar-refractivity contribution in [3.8, 4) is 0 Å². The van der Waals surface area contributed by atoms with Crippen LogP contribution in [0.25, 0.3) is 0 Å². The molecule has 0 unspecified atom stereocenters. The van der Waals surface area contributed by atoms with Gasteiger partial charge >= 0.3 is 18.2 Å². The Morgan fingerprint density at radius 1 is 1.06 bits per heavy atom. The van der Waals surface area contributed by atoms with Crippen molar-refractivity contribution < 1.29 is 27.2 Å². The number of hydrogen-bond acceptors (Lipinski definition) is 3. The molecule has 4 saturated heterocycles. The van der Waals surface area contributed by atoms with Crippen LogP contribution in [0, 0.1) is 11.2 Å². The van der Waals surface area contributed by atoms with E-state index in [9.17, 15) is 27.2 Å². The van der Waals surface area contributed by atoms with E-state index < -0.39 is 17.6 Å². The van der Waals surface area contributed by atoms with Gasteiger partial charge in [-0.15, -0.1) is 0 Å². The average Bonchev–Trinajstić information content (AvgIpc) is 3.08. The normalized spacial score (nSPS) is 24.2. The van der Waals surface area contributed by atoms with Crippen LogP contribution in [0.3, 0.4) is 0 Å². The molecule has 32 heavy (non-hydrogen) atoms. The molecule has 0 radical (unpaired) electrons. The first-order valence-corrected chi connectivity index (χ1v) is 10.7. The van der Waals surface area contributed by atoms with Crippen LogP contribution in [0.2, 0.25) is 0 Å². The fourth-order valence-electron chi connectivity index (χ4n) is 5.38. The lowest BCUT2D eigenvalue weighted by Gasteiger charge is -2.55. The molecule has 2 N–H and O–H groups in total. The third-order valence-electron chi connectivity index (χ3n) is 7.21. The van der Waals surface area contributed by atoms with E-state index in [1.165, 1.54) is 6.07 Å². The van der Waals surface area contributed by atoms with Gasteiger partial charge < -0.3 is 20.4 Å². The van der Waals surface area contributed by atoms with Crippen LogP contribution in [-0.2, 0) is 12.7 Å².